The lowest BCUT2D eigenvalue weighted by atomic mass is 9.94. The maximum absolute atomic E-state index is 12.7. The first kappa shape index (κ1) is 16.2. The number of nitrogens with one attached hydrogen (secondary N) is 1. The molecule has 3 heterocycles. The van der Waals surface area contributed by atoms with Gasteiger partial charge < -0.3 is 9.80 Å². The van der Waals surface area contributed by atoms with Gasteiger partial charge in [0.1, 0.15) is 0 Å². The standard InChI is InChI=1S/C20H26N4O/c25-20(24-10-2-1-3-11-24)17-8-12-23(13-9-17)19-6-4-16(5-7-19)18-14-21-22-15-18/h4-7,14-15,17H,1-3,8-13H2,(H,21,22). The number of hydrogen-bond donors (Lipinski definition) is 1. The van der Waals surface area contributed by atoms with Gasteiger partial charge in [-0.3, -0.25) is 9.89 Å². The minimum Gasteiger partial charge on any atom is -0.371 e. The molecule has 0 spiro atoms. The molecular weight excluding hydrogens is 312 g/mol. The Bertz CT molecular complexity index is 681. The summed E-state index contributed by atoms with van der Waals surface area (Å²) in [6, 6.07) is 8.64. The van der Waals surface area contributed by atoms with Gasteiger partial charge >= 0.3 is 0 Å². The molecule has 5 nitrogen and oxygen atoms in total. The van der Waals surface area contributed by atoms with Crippen molar-refractivity contribution in [3.63, 3.8) is 0 Å². The van der Waals surface area contributed by atoms with Crippen molar-refractivity contribution in [2.24, 2.45) is 5.92 Å². The molecule has 0 radical (unpaired) electrons. The highest BCUT2D eigenvalue weighted by molar-refractivity contribution is 5.79. The van der Waals surface area contributed by atoms with Gasteiger partial charge in [0.2, 0.25) is 5.91 Å². The number of aromatic amines is 1. The van der Waals surface area contributed by atoms with E-state index >= 15 is 0 Å². The van der Waals surface area contributed by atoms with Crippen molar-refractivity contribution >= 4 is 11.6 Å². The normalized spacial score (nSPS) is 19.2. The minimum absolute atomic E-state index is 0.222. The third kappa shape index (κ3) is 3.55. The molecule has 2 saturated heterocycles. The van der Waals surface area contributed by atoms with Gasteiger partial charge in [-0.05, 0) is 49.8 Å². The van der Waals surface area contributed by atoms with Gasteiger partial charge in [-0.1, -0.05) is 12.1 Å². The van der Waals surface area contributed by atoms with Crippen LogP contribution in [-0.4, -0.2) is 47.2 Å². The summed E-state index contributed by atoms with van der Waals surface area (Å²) in [5, 5.41) is 6.86. The summed E-state index contributed by atoms with van der Waals surface area (Å²) in [4.78, 5) is 17.2. The van der Waals surface area contributed by atoms with Gasteiger partial charge in [0.15, 0.2) is 0 Å². The Hall–Kier alpha value is -2.30. The first-order chi connectivity index (χ1) is 12.3. The van der Waals surface area contributed by atoms with Crippen LogP contribution in [0.4, 0.5) is 5.69 Å². The lowest BCUT2D eigenvalue weighted by Crippen LogP contribution is -2.44. The van der Waals surface area contributed by atoms with Crippen molar-refractivity contribution in [2.45, 2.75) is 32.1 Å². The summed E-state index contributed by atoms with van der Waals surface area (Å²) in [6.45, 7) is 3.87. The second-order valence-electron chi connectivity index (χ2n) is 7.18. The number of anilines is 1. The van der Waals surface area contributed by atoms with Crippen LogP contribution in [-0.2, 0) is 4.79 Å². The average molecular weight is 338 g/mol. The van der Waals surface area contributed by atoms with Crippen molar-refractivity contribution in [1.82, 2.24) is 15.1 Å². The molecule has 2 aliphatic heterocycles. The van der Waals surface area contributed by atoms with Crippen LogP contribution in [0.1, 0.15) is 32.1 Å². The lowest BCUT2D eigenvalue weighted by molar-refractivity contribution is -0.137. The second-order valence-corrected chi connectivity index (χ2v) is 7.18. The Balaban J connectivity index is 1.34. The molecule has 0 unspecified atom stereocenters. The fourth-order valence-corrected chi connectivity index (χ4v) is 4.03. The van der Waals surface area contributed by atoms with E-state index in [9.17, 15) is 4.79 Å². The topological polar surface area (TPSA) is 52.2 Å². The molecule has 0 atom stereocenters. The maximum atomic E-state index is 12.7. The largest absolute Gasteiger partial charge is 0.371 e. The quantitative estimate of drug-likeness (QED) is 0.934. The number of H-pyrrole nitrogens is 1. The predicted octanol–water partition coefficient (Wildman–Crippen LogP) is 3.31. The molecule has 25 heavy (non-hydrogen) atoms. The minimum atomic E-state index is 0.222. The Morgan fingerprint density at radius 1 is 0.960 bits per heavy atom. The number of hydrogen-bond acceptors (Lipinski definition) is 3. The van der Waals surface area contributed by atoms with Gasteiger partial charge in [-0.15, -0.1) is 0 Å². The van der Waals surface area contributed by atoms with Gasteiger partial charge in [-0.25, -0.2) is 0 Å². The zero-order chi connectivity index (χ0) is 17.1. The van der Waals surface area contributed by atoms with Crippen molar-refractivity contribution in [3.8, 4) is 11.1 Å². The van der Waals surface area contributed by atoms with Gasteiger partial charge in [-0.2, -0.15) is 5.10 Å². The van der Waals surface area contributed by atoms with E-state index in [4.69, 9.17) is 0 Å². The summed E-state index contributed by atoms with van der Waals surface area (Å²) < 4.78 is 0. The molecule has 1 aromatic carbocycles. The SMILES string of the molecule is O=C(C1CCN(c2ccc(-c3cn[nH]c3)cc2)CC1)N1CCCCC1. The number of piperidine rings is 2. The van der Waals surface area contributed by atoms with Crippen molar-refractivity contribution in [2.75, 3.05) is 31.1 Å². The molecule has 1 N–H and O–H groups in total. The van der Waals surface area contributed by atoms with E-state index in [1.165, 1.54) is 30.5 Å². The third-order valence-electron chi connectivity index (χ3n) is 5.58. The molecule has 2 aliphatic rings. The van der Waals surface area contributed by atoms with E-state index in [1.54, 1.807) is 0 Å². The van der Waals surface area contributed by atoms with E-state index in [1.807, 2.05) is 12.4 Å². The maximum Gasteiger partial charge on any atom is 0.225 e. The van der Waals surface area contributed by atoms with E-state index < -0.39 is 0 Å². The number of nitrogens with zero attached hydrogens (tertiary/aromatic N) is 3. The van der Waals surface area contributed by atoms with Crippen molar-refractivity contribution < 1.29 is 4.79 Å². The van der Waals surface area contributed by atoms with E-state index in [-0.39, 0.29) is 5.92 Å². The van der Waals surface area contributed by atoms with Gasteiger partial charge in [0.25, 0.3) is 0 Å². The Kier molecular flexibility index (Phi) is 4.72. The van der Waals surface area contributed by atoms with Crippen LogP contribution in [0.5, 0.6) is 0 Å². The van der Waals surface area contributed by atoms with Crippen LogP contribution in [0.3, 0.4) is 0 Å². The summed E-state index contributed by atoms with van der Waals surface area (Å²) in [6.07, 6.45) is 9.31. The molecule has 4 rings (SSSR count). The number of rotatable bonds is 3. The highest BCUT2D eigenvalue weighted by Gasteiger charge is 2.29. The number of likely N-dealkylation sites (tertiary alicyclic amines) is 1. The summed E-state index contributed by atoms with van der Waals surface area (Å²) in [7, 11) is 0. The van der Waals surface area contributed by atoms with Crippen molar-refractivity contribution in [3.05, 3.63) is 36.7 Å². The molecule has 0 bridgehead atoms. The monoisotopic (exact) mass is 338 g/mol. The summed E-state index contributed by atoms with van der Waals surface area (Å²) in [5.74, 6) is 0.620. The first-order valence-corrected chi connectivity index (χ1v) is 9.44. The fraction of sp³-hybridized carbons (Fsp3) is 0.500. The molecule has 1 aromatic heterocycles. The molecule has 1 amide bonds. The molecular formula is C20H26N4O. The van der Waals surface area contributed by atoms with E-state index in [0.717, 1.165) is 44.6 Å². The zero-order valence-corrected chi connectivity index (χ0v) is 14.7. The van der Waals surface area contributed by atoms with Crippen LogP contribution in [0.2, 0.25) is 0 Å². The molecule has 0 saturated carbocycles. The molecule has 2 aromatic rings. The second kappa shape index (κ2) is 7.30. The first-order valence-electron chi connectivity index (χ1n) is 9.44. The zero-order valence-electron chi connectivity index (χ0n) is 14.7. The van der Waals surface area contributed by atoms with Crippen LogP contribution in [0.15, 0.2) is 36.7 Å². The van der Waals surface area contributed by atoms with Gasteiger partial charge in [0, 0.05) is 49.5 Å². The van der Waals surface area contributed by atoms with E-state index in [2.05, 4.69) is 44.3 Å². The molecule has 0 aliphatic carbocycles. The van der Waals surface area contributed by atoms with Crippen molar-refractivity contribution in [1.29, 1.82) is 0 Å². The molecule has 5 heteroatoms. The number of aromatic nitrogens is 2. The Morgan fingerprint density at radius 3 is 2.32 bits per heavy atom. The summed E-state index contributed by atoms with van der Waals surface area (Å²) >= 11 is 0. The fourth-order valence-electron chi connectivity index (χ4n) is 4.03. The van der Waals surface area contributed by atoms with Crippen LogP contribution < -0.4 is 4.90 Å². The lowest BCUT2D eigenvalue weighted by Gasteiger charge is -2.36. The number of carbonyl (C=O) groups excluding carboxylic acids is 1. The van der Waals surface area contributed by atoms with E-state index in [0.29, 0.717) is 5.91 Å². The number of amides is 1. The average Bonchev–Trinajstić information content (AvgIpc) is 3.23. The van der Waals surface area contributed by atoms with Crippen LogP contribution >= 0.6 is 0 Å². The number of benzene rings is 1. The summed E-state index contributed by atoms with van der Waals surface area (Å²) in [5.41, 5.74) is 3.53. The third-order valence-corrected chi connectivity index (χ3v) is 5.58. The van der Waals surface area contributed by atoms with Gasteiger partial charge in [0.05, 0.1) is 6.20 Å². The van der Waals surface area contributed by atoms with Crippen LogP contribution in [0, 0.1) is 5.92 Å². The predicted molar refractivity (Wildman–Crippen MR) is 99.4 cm³/mol. The Labute approximate surface area is 149 Å². The smallest absolute Gasteiger partial charge is 0.225 e. The Morgan fingerprint density at radius 2 is 1.68 bits per heavy atom. The molecule has 132 valence electrons. The highest BCUT2D eigenvalue weighted by atomic mass is 16.2. The number of carbonyl (C=O) groups is 1. The molecule has 2 fully saturated rings. The highest BCUT2D eigenvalue weighted by Crippen LogP contribution is 2.27. The van der Waals surface area contributed by atoms with Crippen LogP contribution in [0.25, 0.3) is 11.1 Å².